The third-order valence-electron chi connectivity index (χ3n) is 4.34. The lowest BCUT2D eigenvalue weighted by Gasteiger charge is -2.12. The SMILES string of the molecule is Cc1cccc(-c2ccc(-c3ccccc3)c3ccccc23)c1. The van der Waals surface area contributed by atoms with E-state index >= 15 is 0 Å². The standard InChI is InChI=1S/C23H18/c1-17-8-7-11-19(16-17)21-15-14-20(18-9-3-2-4-10-18)22-12-5-6-13-23(21)22/h2-16H,1H3. The van der Waals surface area contributed by atoms with Crippen LogP contribution in [0.4, 0.5) is 0 Å². The van der Waals surface area contributed by atoms with Crippen molar-refractivity contribution in [2.75, 3.05) is 0 Å². The fourth-order valence-electron chi connectivity index (χ4n) is 3.23. The van der Waals surface area contributed by atoms with E-state index in [4.69, 9.17) is 0 Å². The molecule has 4 aromatic carbocycles. The molecule has 0 bridgehead atoms. The summed E-state index contributed by atoms with van der Waals surface area (Å²) in [5.74, 6) is 0. The van der Waals surface area contributed by atoms with E-state index in [0.717, 1.165) is 0 Å². The van der Waals surface area contributed by atoms with Crippen molar-refractivity contribution < 1.29 is 0 Å². The molecule has 0 heteroatoms. The van der Waals surface area contributed by atoms with Crippen molar-refractivity contribution in [3.8, 4) is 22.3 Å². The molecule has 0 unspecified atom stereocenters. The summed E-state index contributed by atoms with van der Waals surface area (Å²) < 4.78 is 0. The molecule has 23 heavy (non-hydrogen) atoms. The first-order chi connectivity index (χ1) is 11.3. The van der Waals surface area contributed by atoms with Crippen LogP contribution in [0.3, 0.4) is 0 Å². The predicted molar refractivity (Wildman–Crippen MR) is 99.6 cm³/mol. The van der Waals surface area contributed by atoms with Crippen molar-refractivity contribution in [1.82, 2.24) is 0 Å². The Hall–Kier alpha value is -2.86. The molecule has 0 fully saturated rings. The van der Waals surface area contributed by atoms with Crippen molar-refractivity contribution in [2.24, 2.45) is 0 Å². The molecule has 4 aromatic rings. The van der Waals surface area contributed by atoms with Crippen LogP contribution in [0.25, 0.3) is 33.0 Å². The highest BCUT2D eigenvalue weighted by Crippen LogP contribution is 2.35. The first-order valence-corrected chi connectivity index (χ1v) is 7.97. The Labute approximate surface area is 137 Å². The van der Waals surface area contributed by atoms with Gasteiger partial charge in [-0.25, -0.2) is 0 Å². The highest BCUT2D eigenvalue weighted by atomic mass is 14.1. The number of fused-ring (bicyclic) bond motifs is 1. The van der Waals surface area contributed by atoms with E-state index in [1.165, 1.54) is 38.6 Å². The minimum absolute atomic E-state index is 1.26. The zero-order chi connectivity index (χ0) is 15.6. The molecule has 0 aliphatic carbocycles. The number of hydrogen-bond acceptors (Lipinski definition) is 0. The maximum atomic E-state index is 2.25. The zero-order valence-electron chi connectivity index (χ0n) is 13.2. The van der Waals surface area contributed by atoms with Gasteiger partial charge in [-0.3, -0.25) is 0 Å². The van der Waals surface area contributed by atoms with E-state index < -0.39 is 0 Å². The van der Waals surface area contributed by atoms with Gasteiger partial charge in [0.15, 0.2) is 0 Å². The lowest BCUT2D eigenvalue weighted by Crippen LogP contribution is -1.86. The monoisotopic (exact) mass is 294 g/mol. The Morgan fingerprint density at radius 1 is 0.478 bits per heavy atom. The summed E-state index contributed by atoms with van der Waals surface area (Å²) in [5.41, 5.74) is 6.42. The van der Waals surface area contributed by atoms with Gasteiger partial charge in [-0.05, 0) is 39.9 Å². The first-order valence-electron chi connectivity index (χ1n) is 7.97. The van der Waals surface area contributed by atoms with E-state index in [1.54, 1.807) is 0 Å². The van der Waals surface area contributed by atoms with Gasteiger partial charge >= 0.3 is 0 Å². The number of aryl methyl sites for hydroxylation is 1. The van der Waals surface area contributed by atoms with Gasteiger partial charge in [0, 0.05) is 0 Å². The summed E-state index contributed by atoms with van der Waals surface area (Å²) in [7, 11) is 0. The van der Waals surface area contributed by atoms with Gasteiger partial charge in [-0.1, -0.05) is 96.6 Å². The van der Waals surface area contributed by atoms with Crippen molar-refractivity contribution in [2.45, 2.75) is 6.92 Å². The number of benzene rings is 4. The molecular weight excluding hydrogens is 276 g/mol. The Morgan fingerprint density at radius 3 is 1.70 bits per heavy atom. The molecule has 0 radical (unpaired) electrons. The molecule has 0 saturated carbocycles. The second-order valence-corrected chi connectivity index (χ2v) is 5.94. The van der Waals surface area contributed by atoms with Crippen LogP contribution in [-0.4, -0.2) is 0 Å². The van der Waals surface area contributed by atoms with Crippen molar-refractivity contribution in [3.63, 3.8) is 0 Å². The minimum Gasteiger partial charge on any atom is -0.0622 e. The molecule has 0 heterocycles. The fraction of sp³-hybridized carbons (Fsp3) is 0.0435. The molecule has 0 atom stereocenters. The van der Waals surface area contributed by atoms with Crippen LogP contribution < -0.4 is 0 Å². The van der Waals surface area contributed by atoms with Gasteiger partial charge in [0.25, 0.3) is 0 Å². The fourth-order valence-corrected chi connectivity index (χ4v) is 3.23. The third kappa shape index (κ3) is 2.53. The molecule has 4 rings (SSSR count). The van der Waals surface area contributed by atoms with Crippen molar-refractivity contribution >= 4 is 10.8 Å². The van der Waals surface area contributed by atoms with Crippen molar-refractivity contribution in [3.05, 3.63) is 96.6 Å². The summed E-state index contributed by atoms with van der Waals surface area (Å²) >= 11 is 0. The van der Waals surface area contributed by atoms with E-state index in [1.807, 2.05) is 0 Å². The van der Waals surface area contributed by atoms with Crippen LogP contribution in [0.15, 0.2) is 91.0 Å². The lowest BCUT2D eigenvalue weighted by molar-refractivity contribution is 1.47. The van der Waals surface area contributed by atoms with E-state index in [2.05, 4.69) is 97.9 Å². The highest BCUT2D eigenvalue weighted by Gasteiger charge is 2.08. The predicted octanol–water partition coefficient (Wildman–Crippen LogP) is 6.48. The molecule has 0 saturated heterocycles. The summed E-state index contributed by atoms with van der Waals surface area (Å²) in [6.45, 7) is 2.14. The Bertz CT molecular complexity index is 965. The molecule has 0 aromatic heterocycles. The molecular formula is C23H18. The van der Waals surface area contributed by atoms with Gasteiger partial charge in [0.1, 0.15) is 0 Å². The Balaban J connectivity index is 2.00. The first kappa shape index (κ1) is 13.8. The van der Waals surface area contributed by atoms with Gasteiger partial charge in [0.05, 0.1) is 0 Å². The van der Waals surface area contributed by atoms with Crippen LogP contribution in [0.1, 0.15) is 5.56 Å². The molecule has 0 aliphatic heterocycles. The van der Waals surface area contributed by atoms with Crippen LogP contribution in [-0.2, 0) is 0 Å². The maximum absolute atomic E-state index is 2.25. The summed E-state index contributed by atoms with van der Waals surface area (Å²) in [6, 6.07) is 32.5. The Kier molecular flexibility index (Phi) is 3.44. The molecule has 110 valence electrons. The van der Waals surface area contributed by atoms with Crippen LogP contribution in [0.2, 0.25) is 0 Å². The maximum Gasteiger partial charge on any atom is -0.00992 e. The van der Waals surface area contributed by atoms with Crippen LogP contribution in [0, 0.1) is 6.92 Å². The molecule has 0 nitrogen and oxygen atoms in total. The second kappa shape index (κ2) is 5.73. The lowest BCUT2D eigenvalue weighted by atomic mass is 9.92. The number of rotatable bonds is 2. The van der Waals surface area contributed by atoms with Gasteiger partial charge in [0.2, 0.25) is 0 Å². The molecule has 0 N–H and O–H groups in total. The quantitative estimate of drug-likeness (QED) is 0.397. The molecule has 0 aliphatic rings. The zero-order valence-corrected chi connectivity index (χ0v) is 13.2. The second-order valence-electron chi connectivity index (χ2n) is 5.94. The summed E-state index contributed by atoms with van der Waals surface area (Å²) in [6.07, 6.45) is 0. The topological polar surface area (TPSA) is 0 Å². The van der Waals surface area contributed by atoms with E-state index in [-0.39, 0.29) is 0 Å². The van der Waals surface area contributed by atoms with E-state index in [9.17, 15) is 0 Å². The van der Waals surface area contributed by atoms with Gasteiger partial charge < -0.3 is 0 Å². The third-order valence-corrected chi connectivity index (χ3v) is 4.34. The van der Waals surface area contributed by atoms with Gasteiger partial charge in [-0.15, -0.1) is 0 Å². The molecule has 0 spiro atoms. The van der Waals surface area contributed by atoms with Crippen LogP contribution in [0.5, 0.6) is 0 Å². The van der Waals surface area contributed by atoms with Gasteiger partial charge in [-0.2, -0.15) is 0 Å². The molecule has 0 amide bonds. The van der Waals surface area contributed by atoms with E-state index in [0.29, 0.717) is 0 Å². The minimum atomic E-state index is 1.26. The smallest absolute Gasteiger partial charge is 0.00992 e. The van der Waals surface area contributed by atoms with Crippen molar-refractivity contribution in [1.29, 1.82) is 0 Å². The van der Waals surface area contributed by atoms with Crippen LogP contribution >= 0.6 is 0 Å². The Morgan fingerprint density at radius 2 is 1.04 bits per heavy atom. The normalized spacial score (nSPS) is 10.8. The number of hydrogen-bond donors (Lipinski definition) is 0. The summed E-state index contributed by atoms with van der Waals surface area (Å²) in [4.78, 5) is 0. The average molecular weight is 294 g/mol. The summed E-state index contributed by atoms with van der Waals surface area (Å²) in [5, 5.41) is 2.61. The largest absolute Gasteiger partial charge is 0.0622 e. The highest BCUT2D eigenvalue weighted by molar-refractivity contribution is 6.04. The average Bonchev–Trinajstić information content (AvgIpc) is 2.61.